The molecule has 0 fully saturated rings. The number of carbonyl (C=O) groups excluding carboxylic acids is 1. The quantitative estimate of drug-likeness (QED) is 0.104. The Hall–Kier alpha value is -3.07. The van der Waals surface area contributed by atoms with Gasteiger partial charge in [-0.2, -0.15) is 0 Å². The summed E-state index contributed by atoms with van der Waals surface area (Å²) in [4.78, 5) is 16.6. The largest absolute Gasteiger partial charge is 0.512 e. The van der Waals surface area contributed by atoms with Crippen LogP contribution in [0.15, 0.2) is 72.6 Å². The van der Waals surface area contributed by atoms with Crippen molar-refractivity contribution in [2.24, 2.45) is 11.8 Å². The van der Waals surface area contributed by atoms with Gasteiger partial charge in [0.25, 0.3) is 0 Å². The van der Waals surface area contributed by atoms with Crippen LogP contribution in [-0.2, 0) is 43.2 Å². The van der Waals surface area contributed by atoms with Crippen LogP contribution in [-0.4, -0.2) is 15.9 Å². The molecular formula is C43H54IrNO2-. The van der Waals surface area contributed by atoms with Crippen molar-refractivity contribution in [3.8, 4) is 22.4 Å². The maximum absolute atomic E-state index is 11.7. The van der Waals surface area contributed by atoms with Gasteiger partial charge in [0.1, 0.15) is 0 Å². The van der Waals surface area contributed by atoms with E-state index in [1.54, 1.807) is 0 Å². The van der Waals surface area contributed by atoms with Crippen molar-refractivity contribution in [3.05, 3.63) is 101 Å². The summed E-state index contributed by atoms with van der Waals surface area (Å²) in [5.74, 6) is 1.11. The van der Waals surface area contributed by atoms with Crippen molar-refractivity contribution in [1.29, 1.82) is 0 Å². The molecule has 0 bridgehead atoms. The molecule has 5 rings (SSSR count). The van der Waals surface area contributed by atoms with Gasteiger partial charge in [-0.05, 0) is 77.7 Å². The third-order valence-electron chi connectivity index (χ3n) is 9.68. The van der Waals surface area contributed by atoms with E-state index in [4.69, 9.17) is 4.98 Å². The minimum Gasteiger partial charge on any atom is -0.512 e. The van der Waals surface area contributed by atoms with E-state index >= 15 is 0 Å². The topological polar surface area (TPSA) is 50.2 Å². The summed E-state index contributed by atoms with van der Waals surface area (Å²) in [7, 11) is 0. The van der Waals surface area contributed by atoms with Gasteiger partial charge in [0.15, 0.2) is 5.78 Å². The Morgan fingerprint density at radius 1 is 0.872 bits per heavy atom. The number of aryl methyl sites for hydroxylation is 2. The van der Waals surface area contributed by atoms with Gasteiger partial charge in [0, 0.05) is 49.9 Å². The molecule has 1 radical (unpaired) electrons. The van der Waals surface area contributed by atoms with Gasteiger partial charge in [-0.15, -0.1) is 29.1 Å². The van der Waals surface area contributed by atoms with Crippen LogP contribution in [0, 0.1) is 17.9 Å². The van der Waals surface area contributed by atoms with Crippen LogP contribution in [0.1, 0.15) is 116 Å². The summed E-state index contributed by atoms with van der Waals surface area (Å²) in [6.45, 7) is 19.4. The molecule has 0 atom stereocenters. The minimum absolute atomic E-state index is 0. The summed E-state index contributed by atoms with van der Waals surface area (Å²) in [6.07, 6.45) is 9.15. The van der Waals surface area contributed by atoms with Crippen molar-refractivity contribution in [2.75, 3.05) is 0 Å². The van der Waals surface area contributed by atoms with Crippen molar-refractivity contribution in [2.45, 2.75) is 112 Å². The number of aromatic nitrogens is 1. The number of hydrogen-bond donors (Lipinski definition) is 1. The van der Waals surface area contributed by atoms with Gasteiger partial charge >= 0.3 is 0 Å². The number of nitrogens with zero attached hydrogens (tertiary/aromatic N) is 1. The third kappa shape index (κ3) is 9.09. The molecule has 0 aliphatic heterocycles. The van der Waals surface area contributed by atoms with Gasteiger partial charge in [0.05, 0.1) is 5.76 Å². The number of aliphatic hydroxyl groups excluding tert-OH is 1. The number of pyridine rings is 1. The van der Waals surface area contributed by atoms with Crippen LogP contribution in [0.4, 0.5) is 0 Å². The first-order valence-corrected chi connectivity index (χ1v) is 17.4. The predicted molar refractivity (Wildman–Crippen MR) is 196 cm³/mol. The fraction of sp³-hybridized carbons (Fsp3) is 0.442. The second-order valence-electron chi connectivity index (χ2n) is 14.2. The van der Waals surface area contributed by atoms with Crippen LogP contribution < -0.4 is 0 Å². The first-order valence-electron chi connectivity index (χ1n) is 17.4. The standard InChI is InChI=1S/C30H30N.C13H24O2.Ir/c1-19(2)20-12-13-25-22(14-20)10-11-23-18-31-29(17-27(23)25)24-15-21-8-6-7-9-26(21)28(16-24)30(3,4)5;1-5-10(6-2)12(14)9-13(15)11(7-3)8-4;/h6-9,12-14,16-19H,10-11H2,1-5H3;9-11,14H,5-8H2,1-4H3;/q-1;;/b;12-9-;. The van der Waals surface area contributed by atoms with E-state index in [9.17, 15) is 9.90 Å². The second kappa shape index (κ2) is 16.8. The molecule has 0 unspecified atom stereocenters. The maximum Gasteiger partial charge on any atom is 0.162 e. The summed E-state index contributed by atoms with van der Waals surface area (Å²) in [5, 5.41) is 12.2. The molecule has 0 amide bonds. The zero-order valence-electron chi connectivity index (χ0n) is 30.0. The average Bonchev–Trinajstić information content (AvgIpc) is 3.04. The van der Waals surface area contributed by atoms with E-state index in [1.165, 1.54) is 44.8 Å². The van der Waals surface area contributed by atoms with Gasteiger partial charge < -0.3 is 5.11 Å². The van der Waals surface area contributed by atoms with Gasteiger partial charge in [-0.1, -0.05) is 116 Å². The number of ketones is 1. The number of carbonyl (C=O) groups is 1. The van der Waals surface area contributed by atoms with Crippen molar-refractivity contribution >= 4 is 16.6 Å². The molecule has 0 saturated carbocycles. The average molecular weight is 809 g/mol. The fourth-order valence-electron chi connectivity index (χ4n) is 6.56. The molecule has 1 N–H and O–H groups in total. The van der Waals surface area contributed by atoms with Crippen LogP contribution in [0.5, 0.6) is 0 Å². The van der Waals surface area contributed by atoms with Gasteiger partial charge in [0.2, 0.25) is 0 Å². The minimum atomic E-state index is 0. The summed E-state index contributed by atoms with van der Waals surface area (Å²) in [6, 6.07) is 23.8. The van der Waals surface area contributed by atoms with Crippen LogP contribution in [0.3, 0.4) is 0 Å². The number of rotatable bonds is 9. The monoisotopic (exact) mass is 809 g/mol. The number of fused-ring (bicyclic) bond motifs is 4. The summed E-state index contributed by atoms with van der Waals surface area (Å²) >= 11 is 0. The molecule has 253 valence electrons. The number of aliphatic hydroxyl groups is 1. The first kappa shape index (κ1) is 38.4. The van der Waals surface area contributed by atoms with E-state index in [2.05, 4.69) is 101 Å². The zero-order chi connectivity index (χ0) is 33.6. The third-order valence-corrected chi connectivity index (χ3v) is 9.68. The van der Waals surface area contributed by atoms with Gasteiger partial charge in [-0.25, -0.2) is 0 Å². The second-order valence-corrected chi connectivity index (χ2v) is 14.2. The van der Waals surface area contributed by atoms with Crippen molar-refractivity contribution in [1.82, 2.24) is 4.98 Å². The summed E-state index contributed by atoms with van der Waals surface area (Å²) in [5.41, 5.74) is 10.4. The van der Waals surface area contributed by atoms with E-state index < -0.39 is 0 Å². The summed E-state index contributed by atoms with van der Waals surface area (Å²) < 4.78 is 0. The molecule has 3 aromatic carbocycles. The Labute approximate surface area is 297 Å². The normalized spacial score (nSPS) is 12.8. The molecule has 3 nitrogen and oxygen atoms in total. The van der Waals surface area contributed by atoms with E-state index in [-0.39, 0.29) is 48.9 Å². The van der Waals surface area contributed by atoms with Crippen LogP contribution in [0.25, 0.3) is 33.2 Å². The molecule has 4 aromatic rings. The van der Waals surface area contributed by atoms with E-state index in [1.807, 2.05) is 27.7 Å². The molecule has 4 heteroatoms. The molecule has 1 heterocycles. The first-order chi connectivity index (χ1) is 21.9. The van der Waals surface area contributed by atoms with E-state index in [0.29, 0.717) is 5.92 Å². The fourth-order valence-corrected chi connectivity index (χ4v) is 6.56. The molecule has 1 aliphatic rings. The molecular weight excluding hydrogens is 755 g/mol. The van der Waals surface area contributed by atoms with Crippen molar-refractivity contribution < 1.29 is 30.0 Å². The predicted octanol–water partition coefficient (Wildman–Crippen LogP) is 11.8. The van der Waals surface area contributed by atoms with E-state index in [0.717, 1.165) is 55.2 Å². The van der Waals surface area contributed by atoms with Crippen LogP contribution in [0.2, 0.25) is 0 Å². The SMILES string of the molecule is CC(C)c1ccc2c(c1)CCc1cnc(-c3[c-]c4ccccc4c(C(C)(C)C)c3)cc1-2.CCC(CC)C(=O)/C=C(\O)C(CC)CC.[Ir]. The molecule has 0 saturated heterocycles. The molecule has 1 aliphatic carbocycles. The Balaban J connectivity index is 0.000000322. The Morgan fingerprint density at radius 2 is 1.51 bits per heavy atom. The van der Waals surface area contributed by atoms with Crippen LogP contribution >= 0.6 is 0 Å². The molecule has 0 spiro atoms. The molecule has 47 heavy (non-hydrogen) atoms. The number of benzene rings is 3. The Kier molecular flexibility index (Phi) is 13.8. The van der Waals surface area contributed by atoms with Gasteiger partial charge in [-0.3, -0.25) is 9.78 Å². The smallest absolute Gasteiger partial charge is 0.162 e. The Bertz CT molecular complexity index is 1690. The molecule has 1 aromatic heterocycles. The zero-order valence-corrected chi connectivity index (χ0v) is 32.4. The van der Waals surface area contributed by atoms with Crippen molar-refractivity contribution in [3.63, 3.8) is 0 Å². The number of hydrogen-bond acceptors (Lipinski definition) is 3. The maximum atomic E-state index is 11.7. The Morgan fingerprint density at radius 3 is 2.13 bits per heavy atom. The number of allylic oxidation sites excluding steroid dienone is 2.